The fourth-order valence-electron chi connectivity index (χ4n) is 0.644. The molecule has 1 rings (SSSR count). The highest BCUT2D eigenvalue weighted by atomic mass is 127. The molecule has 0 unspecified atom stereocenters. The van der Waals surface area contributed by atoms with E-state index in [2.05, 4.69) is 4.98 Å². The van der Waals surface area contributed by atoms with Gasteiger partial charge in [-0.3, -0.25) is 0 Å². The first kappa shape index (κ1) is 8.63. The van der Waals surface area contributed by atoms with E-state index < -0.39 is 6.43 Å². The van der Waals surface area contributed by atoms with Crippen LogP contribution in [0.25, 0.3) is 0 Å². The topological polar surface area (TPSA) is 38.9 Å². The smallest absolute Gasteiger partial charge is 0.265 e. The lowest BCUT2D eigenvalue weighted by atomic mass is 10.3. The molecule has 5 heteroatoms. The second-order valence-electron chi connectivity index (χ2n) is 1.90. The van der Waals surface area contributed by atoms with Crippen molar-refractivity contribution in [1.29, 1.82) is 0 Å². The van der Waals surface area contributed by atoms with E-state index in [1.165, 1.54) is 12.3 Å². The van der Waals surface area contributed by atoms with E-state index in [-0.39, 0.29) is 11.4 Å². The Hall–Kier alpha value is -0.460. The maximum absolute atomic E-state index is 12.1. The summed E-state index contributed by atoms with van der Waals surface area (Å²) in [6, 6.07) is 1.27. The van der Waals surface area contributed by atoms with Gasteiger partial charge < -0.3 is 5.73 Å². The molecule has 11 heavy (non-hydrogen) atoms. The second kappa shape index (κ2) is 3.29. The molecule has 0 aromatic carbocycles. The van der Waals surface area contributed by atoms with E-state index in [9.17, 15) is 8.78 Å². The van der Waals surface area contributed by atoms with Crippen LogP contribution in [0.2, 0.25) is 0 Å². The van der Waals surface area contributed by atoms with Crippen molar-refractivity contribution in [1.82, 2.24) is 4.98 Å². The largest absolute Gasteiger partial charge is 0.383 e. The summed E-state index contributed by atoms with van der Waals surface area (Å²) in [6.45, 7) is 0. The van der Waals surface area contributed by atoms with Crippen molar-refractivity contribution in [3.05, 3.63) is 21.4 Å². The van der Waals surface area contributed by atoms with Crippen molar-refractivity contribution in [2.45, 2.75) is 6.43 Å². The molecule has 2 nitrogen and oxygen atoms in total. The Labute approximate surface area is 75.9 Å². The van der Waals surface area contributed by atoms with Crippen molar-refractivity contribution in [2.24, 2.45) is 0 Å². The molecule has 0 saturated carbocycles. The number of rotatable bonds is 1. The summed E-state index contributed by atoms with van der Waals surface area (Å²) in [4.78, 5) is 3.66. The summed E-state index contributed by atoms with van der Waals surface area (Å²) in [7, 11) is 0. The normalized spacial score (nSPS) is 10.5. The summed E-state index contributed by atoms with van der Waals surface area (Å²) in [6.07, 6.45) is -1.20. The molecule has 0 aliphatic carbocycles. The number of anilines is 1. The zero-order valence-corrected chi connectivity index (χ0v) is 7.55. The SMILES string of the molecule is Nc1nccc(C(F)F)c1I. The van der Waals surface area contributed by atoms with Gasteiger partial charge in [0.25, 0.3) is 6.43 Å². The van der Waals surface area contributed by atoms with Gasteiger partial charge in [0.15, 0.2) is 0 Å². The lowest BCUT2D eigenvalue weighted by Crippen LogP contribution is -1.98. The molecule has 1 heterocycles. The zero-order chi connectivity index (χ0) is 8.43. The summed E-state index contributed by atoms with van der Waals surface area (Å²) >= 11 is 1.75. The minimum Gasteiger partial charge on any atom is -0.383 e. The maximum atomic E-state index is 12.1. The molecule has 0 aliphatic rings. The van der Waals surface area contributed by atoms with E-state index in [0.29, 0.717) is 3.57 Å². The number of nitrogens with zero attached hydrogens (tertiary/aromatic N) is 1. The van der Waals surface area contributed by atoms with Crippen LogP contribution in [0.4, 0.5) is 14.6 Å². The monoisotopic (exact) mass is 270 g/mol. The highest BCUT2D eigenvalue weighted by Crippen LogP contribution is 2.26. The van der Waals surface area contributed by atoms with Crippen LogP contribution in [-0.4, -0.2) is 4.98 Å². The number of nitrogen functional groups attached to an aromatic ring is 1. The minimum atomic E-state index is -2.48. The summed E-state index contributed by atoms with van der Waals surface area (Å²) in [5, 5.41) is 0. The number of hydrogen-bond acceptors (Lipinski definition) is 2. The molecule has 1 aromatic heterocycles. The first-order valence-electron chi connectivity index (χ1n) is 2.81. The summed E-state index contributed by atoms with van der Waals surface area (Å²) in [5.41, 5.74) is 5.25. The number of halogens is 3. The summed E-state index contributed by atoms with van der Waals surface area (Å²) in [5.74, 6) is 0.156. The van der Waals surface area contributed by atoms with Crippen molar-refractivity contribution in [3.63, 3.8) is 0 Å². The van der Waals surface area contributed by atoms with E-state index in [1.54, 1.807) is 22.6 Å². The van der Waals surface area contributed by atoms with Crippen LogP contribution < -0.4 is 5.73 Å². The number of pyridine rings is 1. The molecule has 0 amide bonds. The highest BCUT2D eigenvalue weighted by molar-refractivity contribution is 14.1. The van der Waals surface area contributed by atoms with Crippen molar-refractivity contribution >= 4 is 28.4 Å². The van der Waals surface area contributed by atoms with Gasteiger partial charge in [-0.25, -0.2) is 13.8 Å². The number of aromatic nitrogens is 1. The van der Waals surface area contributed by atoms with Gasteiger partial charge in [0.1, 0.15) is 5.82 Å². The second-order valence-corrected chi connectivity index (χ2v) is 2.98. The van der Waals surface area contributed by atoms with Crippen LogP contribution in [-0.2, 0) is 0 Å². The molecular formula is C6H5F2IN2. The Kier molecular flexibility index (Phi) is 2.58. The van der Waals surface area contributed by atoms with Gasteiger partial charge in [0, 0.05) is 11.8 Å². The van der Waals surface area contributed by atoms with Crippen LogP contribution in [0, 0.1) is 3.57 Å². The van der Waals surface area contributed by atoms with Gasteiger partial charge in [0.05, 0.1) is 3.57 Å². The van der Waals surface area contributed by atoms with Crippen LogP contribution in [0.5, 0.6) is 0 Å². The molecule has 0 bridgehead atoms. The minimum absolute atomic E-state index is 0.0573. The number of nitrogens with two attached hydrogens (primary N) is 1. The Bertz CT molecular complexity index is 265. The quantitative estimate of drug-likeness (QED) is 0.794. The van der Waals surface area contributed by atoms with Gasteiger partial charge in [0.2, 0.25) is 0 Å². The van der Waals surface area contributed by atoms with Gasteiger partial charge in [-0.2, -0.15) is 0 Å². The van der Waals surface area contributed by atoms with Crippen LogP contribution in [0.15, 0.2) is 12.3 Å². The fourth-order valence-corrected chi connectivity index (χ4v) is 1.20. The van der Waals surface area contributed by atoms with E-state index in [4.69, 9.17) is 5.73 Å². The average Bonchev–Trinajstić information content (AvgIpc) is 1.94. The molecule has 60 valence electrons. The zero-order valence-electron chi connectivity index (χ0n) is 5.39. The van der Waals surface area contributed by atoms with Gasteiger partial charge in [-0.1, -0.05) is 0 Å². The Balaban J connectivity index is 3.17. The highest BCUT2D eigenvalue weighted by Gasteiger charge is 2.12. The molecule has 1 aromatic rings. The predicted molar refractivity (Wildman–Crippen MR) is 46.3 cm³/mol. The van der Waals surface area contributed by atoms with Gasteiger partial charge in [-0.15, -0.1) is 0 Å². The first-order valence-corrected chi connectivity index (χ1v) is 3.89. The standard InChI is InChI=1S/C6H5F2IN2/c7-5(8)3-1-2-11-6(10)4(3)9/h1-2,5H,(H2,10,11). The van der Waals surface area contributed by atoms with Gasteiger partial charge >= 0.3 is 0 Å². The third-order valence-electron chi connectivity index (χ3n) is 1.18. The average molecular weight is 270 g/mol. The number of alkyl halides is 2. The molecule has 0 radical (unpaired) electrons. The third kappa shape index (κ3) is 1.76. The van der Waals surface area contributed by atoms with E-state index in [0.717, 1.165) is 0 Å². The lowest BCUT2D eigenvalue weighted by Gasteiger charge is -2.03. The van der Waals surface area contributed by atoms with Gasteiger partial charge in [-0.05, 0) is 28.7 Å². The predicted octanol–water partition coefficient (Wildman–Crippen LogP) is 2.21. The molecular weight excluding hydrogens is 265 g/mol. The Morgan fingerprint density at radius 1 is 1.55 bits per heavy atom. The molecule has 0 aliphatic heterocycles. The number of hydrogen-bond donors (Lipinski definition) is 1. The summed E-state index contributed by atoms with van der Waals surface area (Å²) < 4.78 is 24.6. The lowest BCUT2D eigenvalue weighted by molar-refractivity contribution is 0.150. The Morgan fingerprint density at radius 3 is 2.64 bits per heavy atom. The molecule has 0 saturated heterocycles. The molecule has 0 atom stereocenters. The van der Waals surface area contributed by atoms with Crippen LogP contribution in [0.3, 0.4) is 0 Å². The van der Waals surface area contributed by atoms with Crippen LogP contribution in [0.1, 0.15) is 12.0 Å². The first-order chi connectivity index (χ1) is 5.13. The Morgan fingerprint density at radius 2 is 2.18 bits per heavy atom. The maximum Gasteiger partial charge on any atom is 0.265 e. The van der Waals surface area contributed by atoms with E-state index in [1.807, 2.05) is 0 Å². The molecule has 0 fully saturated rings. The van der Waals surface area contributed by atoms with Crippen molar-refractivity contribution in [2.75, 3.05) is 5.73 Å². The van der Waals surface area contributed by atoms with Crippen LogP contribution >= 0.6 is 22.6 Å². The molecule has 2 N–H and O–H groups in total. The van der Waals surface area contributed by atoms with E-state index >= 15 is 0 Å². The van der Waals surface area contributed by atoms with Crippen molar-refractivity contribution < 1.29 is 8.78 Å². The van der Waals surface area contributed by atoms with Crippen molar-refractivity contribution in [3.8, 4) is 0 Å². The fraction of sp³-hybridized carbons (Fsp3) is 0.167. The third-order valence-corrected chi connectivity index (χ3v) is 2.36. The molecule has 0 spiro atoms.